The van der Waals surface area contributed by atoms with Crippen molar-refractivity contribution in [3.63, 3.8) is 0 Å². The lowest BCUT2D eigenvalue weighted by Gasteiger charge is -2.39. The highest BCUT2D eigenvalue weighted by Crippen LogP contribution is 2.31. The van der Waals surface area contributed by atoms with E-state index in [4.69, 9.17) is 11.6 Å². The fraction of sp³-hybridized carbons (Fsp3) is 0.429. The van der Waals surface area contributed by atoms with Crippen LogP contribution in [-0.2, 0) is 6.54 Å². The Hall–Kier alpha value is -1.98. The molecule has 0 aliphatic carbocycles. The first-order valence-corrected chi connectivity index (χ1v) is 9.61. The smallest absolute Gasteiger partial charge is 0.253 e. The van der Waals surface area contributed by atoms with Gasteiger partial charge in [0.2, 0.25) is 0 Å². The van der Waals surface area contributed by atoms with Crippen LogP contribution >= 0.6 is 11.6 Å². The van der Waals surface area contributed by atoms with E-state index in [2.05, 4.69) is 23.3 Å². The van der Waals surface area contributed by atoms with Gasteiger partial charge in [0.05, 0.1) is 10.7 Å². The summed E-state index contributed by atoms with van der Waals surface area (Å²) in [6.07, 6.45) is 3.72. The second kappa shape index (κ2) is 8.36. The number of piperidine rings is 1. The van der Waals surface area contributed by atoms with Gasteiger partial charge in [-0.15, -0.1) is 0 Å². The van der Waals surface area contributed by atoms with Crippen molar-refractivity contribution in [3.05, 3.63) is 64.2 Å². The molecule has 1 amide bonds. The van der Waals surface area contributed by atoms with Crippen LogP contribution < -0.4 is 5.32 Å². The maximum absolute atomic E-state index is 13.3. The lowest BCUT2D eigenvalue weighted by atomic mass is 9.80. The van der Waals surface area contributed by atoms with Gasteiger partial charge in [-0.05, 0) is 55.0 Å². The van der Waals surface area contributed by atoms with E-state index in [0.29, 0.717) is 18.7 Å². The predicted molar refractivity (Wildman–Crippen MR) is 105 cm³/mol. The number of likely N-dealkylation sites (tertiary alicyclic amines) is 1. The van der Waals surface area contributed by atoms with Crippen LogP contribution in [0.2, 0.25) is 5.02 Å². The Morgan fingerprint density at radius 2 is 2.04 bits per heavy atom. The van der Waals surface area contributed by atoms with Crippen molar-refractivity contribution >= 4 is 17.5 Å². The summed E-state index contributed by atoms with van der Waals surface area (Å²) in [5.41, 5.74) is 2.77. The molecule has 0 unspecified atom stereocenters. The summed E-state index contributed by atoms with van der Waals surface area (Å²) in [4.78, 5) is 18.9. The minimum atomic E-state index is -0.506. The summed E-state index contributed by atoms with van der Waals surface area (Å²) in [6.45, 7) is 7.28. The first kappa shape index (κ1) is 19.8. The van der Waals surface area contributed by atoms with Crippen molar-refractivity contribution < 1.29 is 9.18 Å². The van der Waals surface area contributed by atoms with Gasteiger partial charge in [0, 0.05) is 37.9 Å². The average Bonchev–Trinajstić information content (AvgIpc) is 2.66. The lowest BCUT2D eigenvalue weighted by Crippen LogP contribution is -2.45. The quantitative estimate of drug-likeness (QED) is 0.832. The minimum absolute atomic E-state index is 0.0170. The van der Waals surface area contributed by atoms with Crippen molar-refractivity contribution in [2.24, 2.45) is 5.41 Å². The molecule has 27 heavy (non-hydrogen) atoms. The highest BCUT2D eigenvalue weighted by molar-refractivity contribution is 6.31. The van der Waals surface area contributed by atoms with Crippen LogP contribution in [0.4, 0.5) is 4.39 Å². The maximum atomic E-state index is 13.3. The van der Waals surface area contributed by atoms with Gasteiger partial charge in [-0.3, -0.25) is 9.78 Å². The lowest BCUT2D eigenvalue weighted by molar-refractivity contribution is 0.0605. The summed E-state index contributed by atoms with van der Waals surface area (Å²) in [6, 6.07) is 8.25. The molecule has 0 bridgehead atoms. The van der Waals surface area contributed by atoms with Crippen molar-refractivity contribution in [1.29, 1.82) is 0 Å². The van der Waals surface area contributed by atoms with Crippen LogP contribution in [0.5, 0.6) is 0 Å². The highest BCUT2D eigenvalue weighted by atomic mass is 35.5. The number of hydrogen-bond donors (Lipinski definition) is 1. The Morgan fingerprint density at radius 3 is 2.67 bits per heavy atom. The van der Waals surface area contributed by atoms with Gasteiger partial charge in [-0.25, -0.2) is 4.39 Å². The molecular formula is C21H25ClFN3O. The molecule has 1 aromatic carbocycles. The number of nitrogens with zero attached hydrogens (tertiary/aromatic N) is 2. The first-order chi connectivity index (χ1) is 12.9. The van der Waals surface area contributed by atoms with Gasteiger partial charge in [0.25, 0.3) is 5.91 Å². The molecule has 1 aliphatic rings. The van der Waals surface area contributed by atoms with E-state index in [1.165, 1.54) is 18.2 Å². The van der Waals surface area contributed by atoms with Crippen LogP contribution in [0.1, 0.15) is 41.4 Å². The summed E-state index contributed by atoms with van der Waals surface area (Å²) in [7, 11) is 0. The molecule has 1 N–H and O–H groups in total. The Balaban J connectivity index is 1.50. The third-order valence-electron chi connectivity index (χ3n) is 5.25. The first-order valence-electron chi connectivity index (χ1n) is 9.23. The number of carbonyl (C=O) groups is 1. The second-order valence-electron chi connectivity index (χ2n) is 7.66. The van der Waals surface area contributed by atoms with Crippen molar-refractivity contribution in [2.75, 3.05) is 19.6 Å². The molecule has 1 aromatic heterocycles. The monoisotopic (exact) mass is 389 g/mol. The molecule has 144 valence electrons. The van der Waals surface area contributed by atoms with E-state index in [-0.39, 0.29) is 16.3 Å². The summed E-state index contributed by atoms with van der Waals surface area (Å²) >= 11 is 5.80. The molecule has 3 rings (SSSR count). The molecule has 4 nitrogen and oxygen atoms in total. The van der Waals surface area contributed by atoms with Crippen molar-refractivity contribution in [2.45, 2.75) is 33.2 Å². The Labute approximate surface area is 164 Å². The van der Waals surface area contributed by atoms with Gasteiger partial charge < -0.3 is 10.2 Å². The second-order valence-corrected chi connectivity index (χ2v) is 8.07. The van der Waals surface area contributed by atoms with Crippen LogP contribution in [0.15, 0.2) is 36.5 Å². The van der Waals surface area contributed by atoms with E-state index in [1.54, 1.807) is 0 Å². The molecule has 6 heteroatoms. The molecule has 2 heterocycles. The number of benzene rings is 1. The normalized spacial score (nSPS) is 16.4. The number of hydrogen-bond acceptors (Lipinski definition) is 3. The number of aryl methyl sites for hydroxylation is 1. The zero-order valence-corrected chi connectivity index (χ0v) is 16.5. The number of pyridine rings is 1. The molecule has 0 radical (unpaired) electrons. The predicted octanol–water partition coefficient (Wildman–Crippen LogP) is 4.21. The molecule has 2 aromatic rings. The average molecular weight is 390 g/mol. The summed E-state index contributed by atoms with van der Waals surface area (Å²) in [5.74, 6) is -0.593. The topological polar surface area (TPSA) is 45.2 Å². The molecular weight excluding hydrogens is 365 g/mol. The SMILES string of the molecule is Cc1ccc(CNCC2(C)CCN(C(=O)c3ccc(F)c(Cl)c3)CC2)nc1. The Kier molecular flexibility index (Phi) is 6.12. The zero-order valence-electron chi connectivity index (χ0n) is 15.8. The third-order valence-corrected chi connectivity index (χ3v) is 5.54. The number of rotatable bonds is 5. The van der Waals surface area contributed by atoms with E-state index < -0.39 is 5.82 Å². The molecule has 0 saturated carbocycles. The Bertz CT molecular complexity index is 802. The van der Waals surface area contributed by atoms with Gasteiger partial charge >= 0.3 is 0 Å². The van der Waals surface area contributed by atoms with Gasteiger partial charge in [0.15, 0.2) is 0 Å². The molecule has 0 spiro atoms. The molecule has 1 saturated heterocycles. The van der Waals surface area contributed by atoms with E-state index in [9.17, 15) is 9.18 Å². The number of halogens is 2. The van der Waals surface area contributed by atoms with Crippen molar-refractivity contribution in [3.8, 4) is 0 Å². The van der Waals surface area contributed by atoms with Gasteiger partial charge in [-0.1, -0.05) is 24.6 Å². The summed E-state index contributed by atoms with van der Waals surface area (Å²) < 4.78 is 13.3. The number of nitrogens with one attached hydrogen (secondary N) is 1. The van der Waals surface area contributed by atoms with E-state index in [0.717, 1.165) is 37.2 Å². The molecule has 1 fully saturated rings. The fourth-order valence-corrected chi connectivity index (χ4v) is 3.51. The number of amides is 1. The van der Waals surface area contributed by atoms with E-state index >= 15 is 0 Å². The van der Waals surface area contributed by atoms with Crippen LogP contribution in [0.25, 0.3) is 0 Å². The maximum Gasteiger partial charge on any atom is 0.253 e. The van der Waals surface area contributed by atoms with Gasteiger partial charge in [-0.2, -0.15) is 0 Å². The fourth-order valence-electron chi connectivity index (χ4n) is 3.33. The van der Waals surface area contributed by atoms with Crippen molar-refractivity contribution in [1.82, 2.24) is 15.2 Å². The minimum Gasteiger partial charge on any atom is -0.339 e. The standard InChI is InChI=1S/C21H25ClFN3O/c1-15-3-5-17(25-12-15)13-24-14-21(2)7-9-26(10-8-21)20(27)16-4-6-19(23)18(22)11-16/h3-6,11-12,24H,7-10,13-14H2,1-2H3. The molecule has 0 atom stereocenters. The van der Waals surface area contributed by atoms with Crippen LogP contribution in [-0.4, -0.2) is 35.4 Å². The number of aromatic nitrogens is 1. The van der Waals surface area contributed by atoms with Crippen LogP contribution in [0.3, 0.4) is 0 Å². The highest BCUT2D eigenvalue weighted by Gasteiger charge is 2.32. The third kappa shape index (κ3) is 5.05. The van der Waals surface area contributed by atoms with E-state index in [1.807, 2.05) is 24.1 Å². The largest absolute Gasteiger partial charge is 0.339 e. The number of carbonyl (C=O) groups excluding carboxylic acids is 1. The van der Waals surface area contributed by atoms with Crippen LogP contribution in [0, 0.1) is 18.2 Å². The summed E-state index contributed by atoms with van der Waals surface area (Å²) in [5, 5.41) is 3.48. The zero-order chi connectivity index (χ0) is 19.4. The van der Waals surface area contributed by atoms with Gasteiger partial charge in [0.1, 0.15) is 5.82 Å². The molecule has 1 aliphatic heterocycles. The Morgan fingerprint density at radius 1 is 1.30 bits per heavy atom.